The van der Waals surface area contributed by atoms with Crippen LogP contribution in [0.5, 0.6) is 5.75 Å². The first-order valence-corrected chi connectivity index (χ1v) is 19.5. The third kappa shape index (κ3) is 9.09. The Morgan fingerprint density at radius 3 is 2.57 bits per heavy atom. The Morgan fingerprint density at radius 1 is 1.07 bits per heavy atom. The molecule has 0 radical (unpaired) electrons. The topological polar surface area (TPSA) is 157 Å². The van der Waals surface area contributed by atoms with Gasteiger partial charge in [-0.25, -0.2) is 14.6 Å². The van der Waals surface area contributed by atoms with Crippen LogP contribution < -0.4 is 21.1 Å². The van der Waals surface area contributed by atoms with Gasteiger partial charge in [-0.3, -0.25) is 14.6 Å². The number of nitrogens with one attached hydrogen (secondary N) is 2. The van der Waals surface area contributed by atoms with Crippen molar-refractivity contribution in [3.8, 4) is 5.75 Å². The van der Waals surface area contributed by atoms with Gasteiger partial charge in [-0.15, -0.1) is 23.2 Å². The summed E-state index contributed by atoms with van der Waals surface area (Å²) >= 11 is 13.9. The number of para-hydroxylation sites is 1. The third-order valence-electron chi connectivity index (χ3n) is 9.43. The van der Waals surface area contributed by atoms with Crippen LogP contribution in [0.2, 0.25) is 0 Å². The highest BCUT2D eigenvalue weighted by Gasteiger charge is 2.52. The van der Waals surface area contributed by atoms with Crippen LogP contribution in [0.4, 0.5) is 14.7 Å². The first-order chi connectivity index (χ1) is 25.9. The second-order valence-electron chi connectivity index (χ2n) is 13.7. The predicted octanol–water partition coefficient (Wildman–Crippen LogP) is 4.00. The number of carbonyl (C=O) groups excluding carboxylic acids is 4. The maximum atomic E-state index is 14.5. The fourth-order valence-electron chi connectivity index (χ4n) is 6.81. The average Bonchev–Trinajstić information content (AvgIpc) is 3.68. The molecule has 54 heavy (non-hydrogen) atoms. The summed E-state index contributed by atoms with van der Waals surface area (Å²) < 4.78 is 6.34. The van der Waals surface area contributed by atoms with Crippen LogP contribution >= 0.6 is 34.5 Å². The number of fused-ring (bicyclic) bond motifs is 2. The van der Waals surface area contributed by atoms with Gasteiger partial charge in [0.1, 0.15) is 18.0 Å². The van der Waals surface area contributed by atoms with Crippen LogP contribution in [0, 0.1) is 0 Å². The summed E-state index contributed by atoms with van der Waals surface area (Å²) in [5.41, 5.74) is 9.20. The number of nitrogens with two attached hydrogens (primary N) is 1. The van der Waals surface area contributed by atoms with Gasteiger partial charge >= 0.3 is 12.1 Å². The van der Waals surface area contributed by atoms with Crippen LogP contribution in [0.1, 0.15) is 24.5 Å². The minimum atomic E-state index is -0.865. The number of allylic oxidation sites excluding steroid dienone is 2. The molecule has 288 valence electrons. The SMILES string of the molecule is CCCN(C(=O)NCC1=CC(Cl)C(Cl)C=C1)N1CC(=O)N2[C@@H](Cc3ccc(OC(=O)NCCN(C)C)cc3)C(=O)N(Cc3cccc4sc(N)nc34)C[C@@H]21. The molecule has 2 aliphatic heterocycles. The van der Waals surface area contributed by atoms with E-state index in [-0.39, 0.29) is 55.8 Å². The Labute approximate surface area is 328 Å². The molecule has 1 aliphatic carbocycles. The second kappa shape index (κ2) is 17.4. The van der Waals surface area contributed by atoms with E-state index in [1.54, 1.807) is 50.2 Å². The van der Waals surface area contributed by atoms with Gasteiger partial charge in [0.15, 0.2) is 5.13 Å². The molecule has 0 saturated carbocycles. The van der Waals surface area contributed by atoms with Gasteiger partial charge in [0, 0.05) is 39.1 Å². The van der Waals surface area contributed by atoms with E-state index in [4.69, 9.17) is 33.7 Å². The van der Waals surface area contributed by atoms with Crippen molar-refractivity contribution >= 4 is 73.8 Å². The van der Waals surface area contributed by atoms with Gasteiger partial charge in [0.05, 0.1) is 34.1 Å². The Hall–Kier alpha value is -4.41. The number of carbonyl (C=O) groups is 4. The van der Waals surface area contributed by atoms with Crippen LogP contribution in [-0.2, 0) is 22.6 Å². The lowest BCUT2D eigenvalue weighted by atomic mass is 9.99. The van der Waals surface area contributed by atoms with Crippen molar-refractivity contribution in [3.63, 3.8) is 0 Å². The van der Waals surface area contributed by atoms with Crippen molar-refractivity contribution in [2.45, 2.75) is 49.3 Å². The molecule has 2 unspecified atom stereocenters. The molecule has 4 N–H and O–H groups in total. The molecule has 5 amide bonds. The summed E-state index contributed by atoms with van der Waals surface area (Å²) in [5, 5.41) is 8.74. The molecule has 4 atom stereocenters. The molecule has 3 aliphatic rings. The van der Waals surface area contributed by atoms with Gasteiger partial charge < -0.3 is 35.8 Å². The molecule has 6 rings (SSSR count). The van der Waals surface area contributed by atoms with Gasteiger partial charge in [0.25, 0.3) is 0 Å². The zero-order chi connectivity index (χ0) is 38.5. The smallest absolute Gasteiger partial charge is 0.410 e. The van der Waals surface area contributed by atoms with Gasteiger partial charge in [-0.2, -0.15) is 5.01 Å². The maximum absolute atomic E-state index is 14.5. The molecular weight excluding hydrogens is 753 g/mol. The van der Waals surface area contributed by atoms with E-state index in [1.165, 1.54) is 11.3 Å². The lowest BCUT2D eigenvalue weighted by molar-refractivity contribution is -0.157. The van der Waals surface area contributed by atoms with Gasteiger partial charge in [0.2, 0.25) is 11.8 Å². The van der Waals surface area contributed by atoms with E-state index in [0.717, 1.165) is 26.9 Å². The highest BCUT2D eigenvalue weighted by atomic mass is 35.5. The number of hydrogen-bond acceptors (Lipinski definition) is 10. The largest absolute Gasteiger partial charge is 0.412 e. The summed E-state index contributed by atoms with van der Waals surface area (Å²) in [6, 6.07) is 11.4. The number of ether oxygens (including phenoxy) is 1. The third-order valence-corrected chi connectivity index (χ3v) is 11.2. The molecule has 2 aromatic carbocycles. The van der Waals surface area contributed by atoms with E-state index in [9.17, 15) is 19.2 Å². The minimum Gasteiger partial charge on any atom is -0.410 e. The highest BCUT2D eigenvalue weighted by molar-refractivity contribution is 7.22. The predicted molar refractivity (Wildman–Crippen MR) is 210 cm³/mol. The number of aromatic nitrogens is 1. The fourth-order valence-corrected chi connectivity index (χ4v) is 7.98. The van der Waals surface area contributed by atoms with Gasteiger partial charge in [-0.05, 0) is 55.4 Å². The Morgan fingerprint density at radius 2 is 1.85 bits per heavy atom. The number of hydrogen-bond donors (Lipinski definition) is 3. The monoisotopic (exact) mass is 797 g/mol. The Balaban J connectivity index is 1.24. The number of halogens is 2. The van der Waals surface area contributed by atoms with Crippen molar-refractivity contribution < 1.29 is 23.9 Å². The zero-order valence-electron chi connectivity index (χ0n) is 30.4. The minimum absolute atomic E-state index is 0.0795. The van der Waals surface area contributed by atoms with E-state index in [0.29, 0.717) is 36.9 Å². The van der Waals surface area contributed by atoms with Crippen LogP contribution in [0.15, 0.2) is 66.3 Å². The van der Waals surface area contributed by atoms with E-state index in [2.05, 4.69) is 15.6 Å². The Kier molecular flexibility index (Phi) is 12.6. The summed E-state index contributed by atoms with van der Waals surface area (Å²) in [4.78, 5) is 64.3. The first kappa shape index (κ1) is 39.3. The molecule has 2 saturated heterocycles. The van der Waals surface area contributed by atoms with Crippen molar-refractivity contribution in [1.82, 2.24) is 40.3 Å². The zero-order valence-corrected chi connectivity index (χ0v) is 32.7. The van der Waals surface area contributed by atoms with E-state index in [1.807, 2.05) is 56.3 Å². The number of benzene rings is 2. The summed E-state index contributed by atoms with van der Waals surface area (Å²) in [5.74, 6) is -0.135. The second-order valence-corrected chi connectivity index (χ2v) is 15.7. The van der Waals surface area contributed by atoms with Crippen molar-refractivity contribution in [2.24, 2.45) is 0 Å². The van der Waals surface area contributed by atoms with Crippen LogP contribution in [0.25, 0.3) is 10.2 Å². The summed E-state index contributed by atoms with van der Waals surface area (Å²) in [7, 11) is 3.82. The number of urea groups is 1. The first-order valence-electron chi connectivity index (χ1n) is 17.8. The molecule has 0 bridgehead atoms. The van der Waals surface area contributed by atoms with E-state index >= 15 is 0 Å². The fraction of sp³-hybridized carbons (Fsp3) is 0.432. The summed E-state index contributed by atoms with van der Waals surface area (Å²) in [6.07, 6.45) is 5.10. The number of amides is 5. The van der Waals surface area contributed by atoms with Gasteiger partial charge in [-0.1, -0.05) is 60.8 Å². The number of anilines is 1. The molecule has 1 aromatic heterocycles. The quantitative estimate of drug-likeness (QED) is 0.218. The molecule has 2 fully saturated rings. The maximum Gasteiger partial charge on any atom is 0.412 e. The molecule has 17 heteroatoms. The number of alkyl halides is 2. The van der Waals surface area contributed by atoms with Crippen molar-refractivity contribution in [1.29, 1.82) is 0 Å². The molecule has 3 heterocycles. The number of nitrogens with zero attached hydrogens (tertiary/aromatic N) is 6. The number of thiazole rings is 1. The Bertz CT molecular complexity index is 1920. The summed E-state index contributed by atoms with van der Waals surface area (Å²) in [6.45, 7) is 3.96. The standard InChI is InChI=1S/C37H45Cl2N9O5S/c1-4-15-46(36(51)42-19-24-10-13-27(38)28(39)17-24)47-22-32(49)48-29(18-23-8-11-26(12-9-23)53-37(52)41-14-16-44(2)3)34(50)45(21-31(47)48)20-25-6-5-7-30-33(25)43-35(40)54-30/h5-13,17,27-29,31H,4,14-16,18-22H2,1-3H3,(H2,40,43)(H,41,52)(H,42,51)/t27?,28?,29-,31+/m0/s1. The van der Waals surface area contributed by atoms with Crippen molar-refractivity contribution in [2.75, 3.05) is 59.1 Å². The molecular formula is C37H45Cl2N9O5S. The normalized spacial score (nSPS) is 21.4. The lowest BCUT2D eigenvalue weighted by Gasteiger charge is -2.46. The number of nitrogen functional groups attached to an aromatic ring is 1. The number of piperazine rings is 1. The number of rotatable bonds is 13. The highest BCUT2D eigenvalue weighted by Crippen LogP contribution is 2.33. The number of hydrazine groups is 1. The number of likely N-dealkylation sites (N-methyl/N-ethyl adjacent to an activating group) is 1. The average molecular weight is 799 g/mol. The van der Waals surface area contributed by atoms with Crippen LogP contribution in [-0.4, -0.2) is 130 Å². The molecule has 14 nitrogen and oxygen atoms in total. The molecule has 3 aromatic rings. The van der Waals surface area contributed by atoms with E-state index < -0.39 is 23.7 Å². The van der Waals surface area contributed by atoms with Crippen molar-refractivity contribution in [3.05, 3.63) is 77.4 Å². The van der Waals surface area contributed by atoms with Crippen LogP contribution in [0.3, 0.4) is 0 Å². The lowest BCUT2D eigenvalue weighted by Crippen LogP contribution is -2.66. The molecule has 0 spiro atoms.